The standard InChI is InChI=1S/C23H24FNO4/c1-2-3-4-5-16-14-27-23(28-15-16)18-8-6-17(7-9-18)22(26)29-20-11-10-19(13-25)21(24)12-20/h6-12,16,23H,2-5,14-15H2,1H3. The van der Waals surface area contributed by atoms with Crippen LogP contribution in [0, 0.1) is 23.1 Å². The van der Waals surface area contributed by atoms with E-state index in [1.54, 1.807) is 30.3 Å². The first-order valence-electron chi connectivity index (χ1n) is 9.85. The van der Waals surface area contributed by atoms with Gasteiger partial charge in [-0.15, -0.1) is 0 Å². The molecule has 1 heterocycles. The van der Waals surface area contributed by atoms with E-state index in [2.05, 4.69) is 6.92 Å². The summed E-state index contributed by atoms with van der Waals surface area (Å²) >= 11 is 0. The van der Waals surface area contributed by atoms with Crippen LogP contribution in [-0.4, -0.2) is 19.2 Å². The van der Waals surface area contributed by atoms with Gasteiger partial charge in [-0.25, -0.2) is 9.18 Å². The average Bonchev–Trinajstić information content (AvgIpc) is 2.75. The van der Waals surface area contributed by atoms with Crippen LogP contribution in [0.25, 0.3) is 0 Å². The molecule has 6 heteroatoms. The van der Waals surface area contributed by atoms with Crippen molar-refractivity contribution in [1.29, 1.82) is 5.26 Å². The summed E-state index contributed by atoms with van der Waals surface area (Å²) in [5.74, 6) is -0.863. The second-order valence-electron chi connectivity index (χ2n) is 7.13. The second kappa shape index (κ2) is 10.1. The maximum atomic E-state index is 13.6. The van der Waals surface area contributed by atoms with Gasteiger partial charge in [-0.1, -0.05) is 38.3 Å². The SMILES string of the molecule is CCCCCC1COC(c2ccc(C(=O)Oc3ccc(C#N)c(F)c3)cc2)OC1. The molecule has 2 aromatic carbocycles. The maximum Gasteiger partial charge on any atom is 0.343 e. The van der Waals surface area contributed by atoms with E-state index in [-0.39, 0.29) is 11.3 Å². The Balaban J connectivity index is 1.54. The highest BCUT2D eigenvalue weighted by Gasteiger charge is 2.23. The number of nitriles is 1. The molecule has 29 heavy (non-hydrogen) atoms. The highest BCUT2D eigenvalue weighted by Crippen LogP contribution is 2.27. The van der Waals surface area contributed by atoms with Gasteiger partial charge in [-0.3, -0.25) is 0 Å². The van der Waals surface area contributed by atoms with Crippen LogP contribution < -0.4 is 4.74 Å². The van der Waals surface area contributed by atoms with Crippen LogP contribution in [0.2, 0.25) is 0 Å². The zero-order chi connectivity index (χ0) is 20.6. The fourth-order valence-electron chi connectivity index (χ4n) is 3.18. The number of hydrogen-bond acceptors (Lipinski definition) is 5. The highest BCUT2D eigenvalue weighted by atomic mass is 19.1. The molecule has 5 nitrogen and oxygen atoms in total. The Morgan fingerprint density at radius 2 is 1.90 bits per heavy atom. The van der Waals surface area contributed by atoms with Crippen LogP contribution in [-0.2, 0) is 9.47 Å². The van der Waals surface area contributed by atoms with Crippen molar-refractivity contribution in [3.8, 4) is 11.8 Å². The zero-order valence-corrected chi connectivity index (χ0v) is 16.4. The van der Waals surface area contributed by atoms with Crippen molar-refractivity contribution in [3.05, 3.63) is 65.0 Å². The van der Waals surface area contributed by atoms with Gasteiger partial charge in [0.15, 0.2) is 6.29 Å². The highest BCUT2D eigenvalue weighted by molar-refractivity contribution is 5.91. The Morgan fingerprint density at radius 3 is 2.52 bits per heavy atom. The molecule has 2 aromatic rings. The molecule has 1 fully saturated rings. The first kappa shape index (κ1) is 21.0. The third-order valence-corrected chi connectivity index (χ3v) is 4.87. The average molecular weight is 397 g/mol. The van der Waals surface area contributed by atoms with Crippen molar-refractivity contribution >= 4 is 5.97 Å². The summed E-state index contributed by atoms with van der Waals surface area (Å²) in [6.07, 6.45) is 4.30. The summed E-state index contributed by atoms with van der Waals surface area (Å²) in [5.41, 5.74) is 1.05. The number of benzene rings is 2. The summed E-state index contributed by atoms with van der Waals surface area (Å²) in [7, 11) is 0. The van der Waals surface area contributed by atoms with E-state index in [1.807, 2.05) is 0 Å². The van der Waals surface area contributed by atoms with E-state index < -0.39 is 18.1 Å². The predicted octanol–water partition coefficient (Wildman–Crippen LogP) is 5.16. The van der Waals surface area contributed by atoms with Crippen molar-refractivity contribution in [2.24, 2.45) is 5.92 Å². The Hall–Kier alpha value is -2.75. The van der Waals surface area contributed by atoms with E-state index in [1.165, 1.54) is 31.4 Å². The Morgan fingerprint density at radius 1 is 1.17 bits per heavy atom. The first-order chi connectivity index (χ1) is 14.1. The summed E-state index contributed by atoms with van der Waals surface area (Å²) in [6, 6.07) is 12.2. The van der Waals surface area contributed by atoms with Crippen LogP contribution in [0.4, 0.5) is 4.39 Å². The molecule has 0 unspecified atom stereocenters. The summed E-state index contributed by atoms with van der Waals surface area (Å²) in [6.45, 7) is 3.52. The summed E-state index contributed by atoms with van der Waals surface area (Å²) < 4.78 is 30.5. The molecule has 0 bridgehead atoms. The molecule has 0 amide bonds. The lowest BCUT2D eigenvalue weighted by molar-refractivity contribution is -0.206. The van der Waals surface area contributed by atoms with Gasteiger partial charge < -0.3 is 14.2 Å². The van der Waals surface area contributed by atoms with Crippen LogP contribution in [0.15, 0.2) is 42.5 Å². The van der Waals surface area contributed by atoms with Crippen molar-refractivity contribution in [3.63, 3.8) is 0 Å². The number of carbonyl (C=O) groups is 1. The van der Waals surface area contributed by atoms with Gasteiger partial charge in [0.05, 0.1) is 24.3 Å². The molecule has 152 valence electrons. The lowest BCUT2D eigenvalue weighted by atomic mass is 10.0. The molecule has 1 aliphatic heterocycles. The number of halogens is 1. The number of esters is 1. The van der Waals surface area contributed by atoms with Gasteiger partial charge in [-0.05, 0) is 30.7 Å². The lowest BCUT2D eigenvalue weighted by Gasteiger charge is -2.29. The number of hydrogen-bond donors (Lipinski definition) is 0. The number of unbranched alkanes of at least 4 members (excludes halogenated alkanes) is 2. The van der Waals surface area contributed by atoms with Gasteiger partial charge in [0.25, 0.3) is 0 Å². The molecule has 0 aliphatic carbocycles. The maximum absolute atomic E-state index is 13.6. The van der Waals surface area contributed by atoms with E-state index in [4.69, 9.17) is 19.5 Å². The molecule has 1 saturated heterocycles. The van der Waals surface area contributed by atoms with Crippen LogP contribution >= 0.6 is 0 Å². The van der Waals surface area contributed by atoms with Crippen LogP contribution in [0.1, 0.15) is 60.4 Å². The molecule has 0 saturated carbocycles. The van der Waals surface area contributed by atoms with E-state index in [0.29, 0.717) is 24.7 Å². The quantitative estimate of drug-likeness (QED) is 0.367. The smallest absolute Gasteiger partial charge is 0.343 e. The topological polar surface area (TPSA) is 68.5 Å². The second-order valence-corrected chi connectivity index (χ2v) is 7.13. The molecule has 0 atom stereocenters. The van der Waals surface area contributed by atoms with Crippen molar-refractivity contribution in [2.75, 3.05) is 13.2 Å². The fourth-order valence-corrected chi connectivity index (χ4v) is 3.18. The minimum absolute atomic E-state index is 0.0450. The predicted molar refractivity (Wildman–Crippen MR) is 105 cm³/mol. The first-order valence-corrected chi connectivity index (χ1v) is 9.85. The van der Waals surface area contributed by atoms with Crippen LogP contribution in [0.5, 0.6) is 5.75 Å². The molecular weight excluding hydrogens is 373 g/mol. The molecule has 3 rings (SSSR count). The van der Waals surface area contributed by atoms with Gasteiger partial charge in [0, 0.05) is 17.5 Å². The lowest BCUT2D eigenvalue weighted by Crippen LogP contribution is -2.27. The zero-order valence-electron chi connectivity index (χ0n) is 16.4. The monoisotopic (exact) mass is 397 g/mol. The Bertz CT molecular complexity index is 867. The molecule has 0 N–H and O–H groups in total. The third kappa shape index (κ3) is 5.63. The number of nitrogens with zero attached hydrogens (tertiary/aromatic N) is 1. The Kier molecular flexibility index (Phi) is 7.34. The van der Waals surface area contributed by atoms with Gasteiger partial charge in [0.1, 0.15) is 17.6 Å². The molecule has 0 spiro atoms. The third-order valence-electron chi connectivity index (χ3n) is 4.87. The van der Waals surface area contributed by atoms with Gasteiger partial charge in [-0.2, -0.15) is 5.26 Å². The number of ether oxygens (including phenoxy) is 3. The minimum Gasteiger partial charge on any atom is -0.423 e. The largest absolute Gasteiger partial charge is 0.423 e. The Labute approximate surface area is 170 Å². The number of rotatable bonds is 7. The van der Waals surface area contributed by atoms with Gasteiger partial charge >= 0.3 is 5.97 Å². The number of carbonyl (C=O) groups excluding carboxylic acids is 1. The minimum atomic E-state index is -0.729. The van der Waals surface area contributed by atoms with E-state index in [9.17, 15) is 9.18 Å². The van der Waals surface area contributed by atoms with Crippen molar-refractivity contribution in [1.82, 2.24) is 0 Å². The fraction of sp³-hybridized carbons (Fsp3) is 0.391. The molecular formula is C23H24FNO4. The van der Waals surface area contributed by atoms with Crippen LogP contribution in [0.3, 0.4) is 0 Å². The normalized spacial score (nSPS) is 18.8. The van der Waals surface area contributed by atoms with E-state index in [0.717, 1.165) is 18.1 Å². The van der Waals surface area contributed by atoms with Crippen molar-refractivity contribution in [2.45, 2.75) is 38.9 Å². The molecule has 0 aromatic heterocycles. The van der Waals surface area contributed by atoms with E-state index >= 15 is 0 Å². The summed E-state index contributed by atoms with van der Waals surface area (Å²) in [4.78, 5) is 12.3. The summed E-state index contributed by atoms with van der Waals surface area (Å²) in [5, 5.41) is 8.75. The van der Waals surface area contributed by atoms with Gasteiger partial charge in [0.2, 0.25) is 0 Å². The molecule has 0 radical (unpaired) electrons. The molecule has 1 aliphatic rings. The van der Waals surface area contributed by atoms with Crippen molar-refractivity contribution < 1.29 is 23.4 Å².